The van der Waals surface area contributed by atoms with Crippen molar-refractivity contribution in [2.75, 3.05) is 39.8 Å². The van der Waals surface area contributed by atoms with E-state index in [1.807, 2.05) is 11.8 Å². The summed E-state index contributed by atoms with van der Waals surface area (Å²) in [5.41, 5.74) is 2.23. The highest BCUT2D eigenvalue weighted by Crippen LogP contribution is 2.30. The lowest BCUT2D eigenvalue weighted by atomic mass is 10.1. The quantitative estimate of drug-likeness (QED) is 0.438. The number of benzene rings is 2. The van der Waals surface area contributed by atoms with Crippen LogP contribution in [0.4, 0.5) is 0 Å². The third kappa shape index (κ3) is 7.19. The van der Waals surface area contributed by atoms with Crippen LogP contribution >= 0.6 is 23.2 Å². The topological polar surface area (TPSA) is 82.1 Å². The second kappa shape index (κ2) is 12.7. The number of halogens is 2. The number of hydrogen-bond acceptors (Lipinski definition) is 5. The van der Waals surface area contributed by atoms with Crippen molar-refractivity contribution in [3.8, 4) is 0 Å². The standard InChI is InChI=1S/C25H32Cl2N4O3S/c1-3-16-31(18-13-19-9-11-20(12-10-19)25-28-14-15-29-25)23(32)8-5-17-30(2)35(33,34)22-7-4-6-21(26)24(22)27/h4,6-7,9-12H,3,5,8,13-18H2,1-2H3,(H,28,29). The van der Waals surface area contributed by atoms with Crippen molar-refractivity contribution in [1.29, 1.82) is 0 Å². The number of carbonyl (C=O) groups is 1. The van der Waals surface area contributed by atoms with Gasteiger partial charge in [0.2, 0.25) is 15.9 Å². The molecular weight excluding hydrogens is 507 g/mol. The van der Waals surface area contributed by atoms with Crippen LogP contribution in [0.1, 0.15) is 37.3 Å². The highest BCUT2D eigenvalue weighted by Gasteiger charge is 2.25. The zero-order valence-corrected chi connectivity index (χ0v) is 22.5. The zero-order valence-electron chi connectivity index (χ0n) is 20.1. The molecule has 0 aromatic heterocycles. The van der Waals surface area contributed by atoms with Gasteiger partial charge in [0.1, 0.15) is 10.7 Å². The summed E-state index contributed by atoms with van der Waals surface area (Å²) in [4.78, 5) is 19.1. The Kier molecular flexibility index (Phi) is 9.98. The largest absolute Gasteiger partial charge is 0.368 e. The van der Waals surface area contributed by atoms with E-state index in [2.05, 4.69) is 34.6 Å². The summed E-state index contributed by atoms with van der Waals surface area (Å²) in [5.74, 6) is 0.962. The van der Waals surface area contributed by atoms with Gasteiger partial charge in [-0.2, -0.15) is 0 Å². The van der Waals surface area contributed by atoms with Crippen LogP contribution in [0.5, 0.6) is 0 Å². The Morgan fingerprint density at radius 1 is 1.09 bits per heavy atom. The first-order valence-electron chi connectivity index (χ1n) is 11.8. The summed E-state index contributed by atoms with van der Waals surface area (Å²) in [6.45, 7) is 5.22. The highest BCUT2D eigenvalue weighted by molar-refractivity contribution is 7.89. The molecule has 1 aliphatic heterocycles. The van der Waals surface area contributed by atoms with Crippen molar-refractivity contribution >= 4 is 45.0 Å². The molecule has 190 valence electrons. The number of nitrogens with one attached hydrogen (secondary N) is 1. The molecule has 2 aromatic rings. The second-order valence-corrected chi connectivity index (χ2v) is 11.3. The molecule has 2 aromatic carbocycles. The average molecular weight is 540 g/mol. The van der Waals surface area contributed by atoms with Crippen molar-refractivity contribution in [2.24, 2.45) is 4.99 Å². The van der Waals surface area contributed by atoms with Crippen LogP contribution in [0, 0.1) is 0 Å². The molecule has 1 amide bonds. The first-order valence-corrected chi connectivity index (χ1v) is 14.0. The fraction of sp³-hybridized carbons (Fsp3) is 0.440. The maximum atomic E-state index is 12.9. The van der Waals surface area contributed by atoms with E-state index >= 15 is 0 Å². The van der Waals surface area contributed by atoms with Gasteiger partial charge in [-0.25, -0.2) is 12.7 Å². The lowest BCUT2D eigenvalue weighted by Crippen LogP contribution is -2.34. The summed E-state index contributed by atoms with van der Waals surface area (Å²) >= 11 is 12.1. The van der Waals surface area contributed by atoms with Crippen LogP contribution in [0.25, 0.3) is 0 Å². The molecule has 0 atom stereocenters. The summed E-state index contributed by atoms with van der Waals surface area (Å²) < 4.78 is 26.9. The Balaban J connectivity index is 1.51. The molecule has 1 N–H and O–H groups in total. The lowest BCUT2D eigenvalue weighted by molar-refractivity contribution is -0.131. The van der Waals surface area contributed by atoms with Gasteiger partial charge in [-0.3, -0.25) is 9.79 Å². The Bertz CT molecular complexity index is 1150. The third-order valence-corrected chi connectivity index (χ3v) is 8.72. The molecule has 10 heteroatoms. The van der Waals surface area contributed by atoms with Gasteiger partial charge in [0.25, 0.3) is 0 Å². The Morgan fingerprint density at radius 2 is 1.83 bits per heavy atom. The van der Waals surface area contributed by atoms with Gasteiger partial charge in [-0.1, -0.05) is 60.5 Å². The number of hydrogen-bond donors (Lipinski definition) is 1. The number of rotatable bonds is 12. The van der Waals surface area contributed by atoms with Gasteiger partial charge in [0, 0.05) is 45.2 Å². The minimum absolute atomic E-state index is 0.00624. The smallest absolute Gasteiger partial charge is 0.244 e. The van der Waals surface area contributed by atoms with E-state index in [9.17, 15) is 13.2 Å². The monoisotopic (exact) mass is 538 g/mol. The van der Waals surface area contributed by atoms with Crippen molar-refractivity contribution in [2.45, 2.75) is 37.5 Å². The molecule has 7 nitrogen and oxygen atoms in total. The first-order chi connectivity index (χ1) is 16.7. The van der Waals surface area contributed by atoms with E-state index in [1.165, 1.54) is 17.4 Å². The average Bonchev–Trinajstić information content (AvgIpc) is 3.38. The summed E-state index contributed by atoms with van der Waals surface area (Å²) in [6, 6.07) is 12.8. The van der Waals surface area contributed by atoms with Gasteiger partial charge in [0.15, 0.2) is 0 Å². The van der Waals surface area contributed by atoms with Crippen LogP contribution in [-0.2, 0) is 21.2 Å². The Morgan fingerprint density at radius 3 is 2.49 bits per heavy atom. The second-order valence-electron chi connectivity index (χ2n) is 8.47. The van der Waals surface area contributed by atoms with Crippen LogP contribution < -0.4 is 5.32 Å². The Hall–Kier alpha value is -2.13. The van der Waals surface area contributed by atoms with Crippen molar-refractivity contribution in [3.05, 3.63) is 63.6 Å². The predicted octanol–water partition coefficient (Wildman–Crippen LogP) is 4.23. The van der Waals surface area contributed by atoms with E-state index in [0.717, 1.165) is 42.9 Å². The van der Waals surface area contributed by atoms with Gasteiger partial charge in [-0.15, -0.1) is 0 Å². The van der Waals surface area contributed by atoms with E-state index in [4.69, 9.17) is 23.2 Å². The third-order valence-electron chi connectivity index (χ3n) is 5.89. The molecule has 0 unspecified atom stereocenters. The highest BCUT2D eigenvalue weighted by atomic mass is 35.5. The van der Waals surface area contributed by atoms with E-state index in [-0.39, 0.29) is 33.8 Å². The normalized spacial score (nSPS) is 13.6. The van der Waals surface area contributed by atoms with Crippen LogP contribution in [-0.4, -0.2) is 69.1 Å². The molecule has 35 heavy (non-hydrogen) atoms. The van der Waals surface area contributed by atoms with Gasteiger partial charge in [-0.05, 0) is 37.0 Å². The maximum Gasteiger partial charge on any atom is 0.244 e. The molecule has 0 spiro atoms. The van der Waals surface area contributed by atoms with Crippen molar-refractivity contribution < 1.29 is 13.2 Å². The molecule has 3 rings (SSSR count). The molecule has 1 heterocycles. The summed E-state index contributed by atoms with van der Waals surface area (Å²) in [5, 5.41) is 3.46. The molecule has 0 aliphatic carbocycles. The van der Waals surface area contributed by atoms with Crippen LogP contribution in [0.3, 0.4) is 0 Å². The van der Waals surface area contributed by atoms with E-state index in [0.29, 0.717) is 19.5 Å². The number of amidine groups is 1. The molecule has 0 fully saturated rings. The molecule has 0 bridgehead atoms. The minimum Gasteiger partial charge on any atom is -0.368 e. The van der Waals surface area contributed by atoms with Crippen molar-refractivity contribution in [3.63, 3.8) is 0 Å². The predicted molar refractivity (Wildman–Crippen MR) is 142 cm³/mol. The molecule has 0 saturated heterocycles. The van der Waals surface area contributed by atoms with E-state index < -0.39 is 10.0 Å². The van der Waals surface area contributed by atoms with Gasteiger partial charge < -0.3 is 10.2 Å². The first kappa shape index (κ1) is 27.5. The SMILES string of the molecule is CCCN(CCc1ccc(C2=NCCN2)cc1)C(=O)CCCN(C)S(=O)(=O)c1cccc(Cl)c1Cl. The Labute approximate surface area is 218 Å². The van der Waals surface area contributed by atoms with E-state index in [1.54, 1.807) is 12.1 Å². The fourth-order valence-electron chi connectivity index (χ4n) is 3.90. The van der Waals surface area contributed by atoms with Crippen LogP contribution in [0.15, 0.2) is 52.4 Å². The maximum absolute atomic E-state index is 12.9. The van der Waals surface area contributed by atoms with Crippen LogP contribution in [0.2, 0.25) is 10.0 Å². The number of aliphatic imine (C=N–C) groups is 1. The molecule has 0 saturated carbocycles. The minimum atomic E-state index is -3.80. The fourth-order valence-corrected chi connectivity index (χ4v) is 5.84. The van der Waals surface area contributed by atoms with Crippen molar-refractivity contribution in [1.82, 2.24) is 14.5 Å². The number of sulfonamides is 1. The lowest BCUT2D eigenvalue weighted by Gasteiger charge is -2.23. The van der Waals surface area contributed by atoms with Gasteiger partial charge >= 0.3 is 0 Å². The molecular formula is C25H32Cl2N4O3S. The molecule has 1 aliphatic rings. The number of amides is 1. The molecule has 0 radical (unpaired) electrons. The van der Waals surface area contributed by atoms with Gasteiger partial charge in [0.05, 0.1) is 16.6 Å². The summed E-state index contributed by atoms with van der Waals surface area (Å²) in [6.07, 6.45) is 2.30. The zero-order chi connectivity index (χ0) is 25.4. The number of nitrogens with zero attached hydrogens (tertiary/aromatic N) is 3. The number of carbonyl (C=O) groups excluding carboxylic acids is 1. The summed E-state index contributed by atoms with van der Waals surface area (Å²) in [7, 11) is -2.31.